The molecule has 1 heterocycles. The van der Waals surface area contributed by atoms with Crippen molar-refractivity contribution in [2.24, 2.45) is 5.10 Å². The molecule has 2 aromatic rings. The van der Waals surface area contributed by atoms with Crippen molar-refractivity contribution in [1.82, 2.24) is 5.43 Å². The summed E-state index contributed by atoms with van der Waals surface area (Å²) in [6.07, 6.45) is 0. The number of nitrogens with one attached hydrogen (secondary N) is 2. The molecule has 1 aliphatic rings. The van der Waals surface area contributed by atoms with Crippen LogP contribution in [0.2, 0.25) is 0 Å². The molecule has 0 bridgehead atoms. The molecule has 2 N–H and O–H groups in total. The van der Waals surface area contributed by atoms with E-state index in [1.165, 1.54) is 0 Å². The van der Waals surface area contributed by atoms with Gasteiger partial charge >= 0.3 is 0 Å². The summed E-state index contributed by atoms with van der Waals surface area (Å²) >= 11 is 5.26. The van der Waals surface area contributed by atoms with E-state index in [4.69, 9.17) is 26.4 Å². The highest BCUT2D eigenvalue weighted by molar-refractivity contribution is 7.80. The summed E-state index contributed by atoms with van der Waals surface area (Å²) in [5, 5.41) is 7.78. The fourth-order valence-electron chi connectivity index (χ4n) is 2.28. The first kappa shape index (κ1) is 17.0. The maximum atomic E-state index is 5.41. The number of hydrogen-bond donors (Lipinski definition) is 2. The lowest BCUT2D eigenvalue weighted by Gasteiger charge is -2.09. The summed E-state index contributed by atoms with van der Waals surface area (Å²) in [6, 6.07) is 13.3. The number of hydrogen-bond acceptors (Lipinski definition) is 5. The van der Waals surface area contributed by atoms with Gasteiger partial charge in [0.05, 0.1) is 12.3 Å². The lowest BCUT2D eigenvalue weighted by molar-refractivity contribution is 0.174. The largest absolute Gasteiger partial charge is 0.494 e. The molecule has 130 valence electrons. The summed E-state index contributed by atoms with van der Waals surface area (Å²) < 4.78 is 16.1. The predicted octanol–water partition coefficient (Wildman–Crippen LogP) is 3.52. The topological polar surface area (TPSA) is 64.1 Å². The number of ether oxygens (including phenoxy) is 3. The number of benzene rings is 2. The molecule has 2 aromatic carbocycles. The van der Waals surface area contributed by atoms with Gasteiger partial charge in [-0.1, -0.05) is 0 Å². The number of fused-ring (bicyclic) bond motifs is 1. The SMILES string of the molecule is CCOc1ccc(NC(=S)N/N=C(/C)c2ccc3c(c2)OCO3)cc1. The third-order valence-corrected chi connectivity index (χ3v) is 3.73. The van der Waals surface area contributed by atoms with Crippen LogP contribution >= 0.6 is 12.2 Å². The van der Waals surface area contributed by atoms with Gasteiger partial charge in [0.25, 0.3) is 0 Å². The number of nitrogens with zero attached hydrogens (tertiary/aromatic N) is 1. The molecule has 0 aromatic heterocycles. The van der Waals surface area contributed by atoms with Crippen LogP contribution in [0, 0.1) is 0 Å². The van der Waals surface area contributed by atoms with Crippen molar-refractivity contribution in [3.8, 4) is 17.2 Å². The lowest BCUT2D eigenvalue weighted by Crippen LogP contribution is -2.24. The molecule has 0 atom stereocenters. The van der Waals surface area contributed by atoms with Crippen LogP contribution in [0.15, 0.2) is 47.6 Å². The van der Waals surface area contributed by atoms with Crippen LogP contribution < -0.4 is 25.0 Å². The molecule has 0 spiro atoms. The van der Waals surface area contributed by atoms with Gasteiger partial charge in [0.15, 0.2) is 16.6 Å². The fraction of sp³-hybridized carbons (Fsp3) is 0.222. The van der Waals surface area contributed by atoms with E-state index in [1.54, 1.807) is 0 Å². The first-order valence-corrected chi connectivity index (χ1v) is 8.30. The average Bonchev–Trinajstić information content (AvgIpc) is 3.09. The van der Waals surface area contributed by atoms with Gasteiger partial charge in [0.1, 0.15) is 5.75 Å². The zero-order chi connectivity index (χ0) is 17.6. The van der Waals surface area contributed by atoms with Crippen molar-refractivity contribution >= 4 is 28.7 Å². The molecule has 0 saturated heterocycles. The maximum absolute atomic E-state index is 5.41. The molecular formula is C18H19N3O3S. The van der Waals surface area contributed by atoms with Crippen LogP contribution in [-0.4, -0.2) is 24.2 Å². The lowest BCUT2D eigenvalue weighted by atomic mass is 10.1. The Morgan fingerprint density at radius 1 is 1.16 bits per heavy atom. The van der Waals surface area contributed by atoms with Gasteiger partial charge in [-0.05, 0) is 68.5 Å². The molecule has 3 rings (SSSR count). The third kappa shape index (κ3) is 4.39. The van der Waals surface area contributed by atoms with Crippen molar-refractivity contribution < 1.29 is 14.2 Å². The van der Waals surface area contributed by atoms with Gasteiger partial charge < -0.3 is 19.5 Å². The highest BCUT2D eigenvalue weighted by Gasteiger charge is 2.14. The molecule has 7 heteroatoms. The first-order chi connectivity index (χ1) is 12.2. The highest BCUT2D eigenvalue weighted by atomic mass is 32.1. The molecule has 0 unspecified atom stereocenters. The van der Waals surface area contributed by atoms with Gasteiger partial charge in [-0.2, -0.15) is 5.10 Å². The summed E-state index contributed by atoms with van der Waals surface area (Å²) in [5.41, 5.74) is 5.42. The number of anilines is 1. The van der Waals surface area contributed by atoms with Crippen molar-refractivity contribution in [3.05, 3.63) is 48.0 Å². The van der Waals surface area contributed by atoms with Crippen molar-refractivity contribution in [3.63, 3.8) is 0 Å². The second kappa shape index (κ2) is 7.85. The van der Waals surface area contributed by atoms with E-state index >= 15 is 0 Å². The molecule has 25 heavy (non-hydrogen) atoms. The van der Waals surface area contributed by atoms with E-state index in [9.17, 15) is 0 Å². The number of rotatable bonds is 5. The van der Waals surface area contributed by atoms with Crippen LogP contribution in [-0.2, 0) is 0 Å². The van der Waals surface area contributed by atoms with Gasteiger partial charge in [0.2, 0.25) is 6.79 Å². The quantitative estimate of drug-likeness (QED) is 0.485. The van der Waals surface area contributed by atoms with Gasteiger partial charge in [-0.3, -0.25) is 5.43 Å². The van der Waals surface area contributed by atoms with Crippen molar-refractivity contribution in [2.45, 2.75) is 13.8 Å². The number of hydrazone groups is 1. The summed E-state index contributed by atoms with van der Waals surface area (Å²) in [6.45, 7) is 4.74. The van der Waals surface area contributed by atoms with Crippen molar-refractivity contribution in [1.29, 1.82) is 0 Å². The normalized spacial score (nSPS) is 12.6. The Kier molecular flexibility index (Phi) is 5.35. The molecule has 0 saturated carbocycles. The second-order valence-electron chi connectivity index (χ2n) is 5.29. The van der Waals surface area contributed by atoms with E-state index in [0.717, 1.165) is 34.2 Å². The van der Waals surface area contributed by atoms with E-state index < -0.39 is 0 Å². The molecule has 0 amide bonds. The highest BCUT2D eigenvalue weighted by Crippen LogP contribution is 2.32. The maximum Gasteiger partial charge on any atom is 0.231 e. The standard InChI is InChI=1S/C18H19N3O3S/c1-3-22-15-7-5-14(6-8-15)19-18(25)21-20-12(2)13-4-9-16-17(10-13)24-11-23-16/h4-10H,3,11H2,1-2H3,(H2,19,21,25)/b20-12-. The Balaban J connectivity index is 1.58. The Morgan fingerprint density at radius 3 is 2.68 bits per heavy atom. The van der Waals surface area contributed by atoms with E-state index in [1.807, 2.05) is 56.3 Å². The molecule has 0 aliphatic carbocycles. The Hall–Kier alpha value is -2.80. The van der Waals surface area contributed by atoms with Crippen LogP contribution in [0.1, 0.15) is 19.4 Å². The smallest absolute Gasteiger partial charge is 0.231 e. The van der Waals surface area contributed by atoms with Crippen LogP contribution in [0.4, 0.5) is 5.69 Å². The summed E-state index contributed by atoms with van der Waals surface area (Å²) in [4.78, 5) is 0. The minimum absolute atomic E-state index is 0.253. The van der Waals surface area contributed by atoms with Crippen LogP contribution in [0.3, 0.4) is 0 Å². The molecular weight excluding hydrogens is 338 g/mol. The number of thiocarbonyl (C=S) groups is 1. The van der Waals surface area contributed by atoms with Crippen LogP contribution in [0.25, 0.3) is 0 Å². The summed E-state index contributed by atoms with van der Waals surface area (Å²) in [5.74, 6) is 2.29. The molecule has 0 fully saturated rings. The Morgan fingerprint density at radius 2 is 1.92 bits per heavy atom. The van der Waals surface area contributed by atoms with Gasteiger partial charge in [-0.25, -0.2) is 0 Å². The zero-order valence-corrected chi connectivity index (χ0v) is 14.9. The minimum atomic E-state index is 0.253. The van der Waals surface area contributed by atoms with Crippen LogP contribution in [0.5, 0.6) is 17.2 Å². The van der Waals surface area contributed by atoms with E-state index in [-0.39, 0.29) is 6.79 Å². The van der Waals surface area contributed by atoms with Gasteiger partial charge in [-0.15, -0.1) is 0 Å². The van der Waals surface area contributed by atoms with E-state index in [0.29, 0.717) is 11.7 Å². The van der Waals surface area contributed by atoms with Gasteiger partial charge in [0, 0.05) is 11.3 Å². The minimum Gasteiger partial charge on any atom is -0.494 e. The molecule has 6 nitrogen and oxygen atoms in total. The van der Waals surface area contributed by atoms with Crippen molar-refractivity contribution in [2.75, 3.05) is 18.7 Å². The molecule has 0 radical (unpaired) electrons. The third-order valence-electron chi connectivity index (χ3n) is 3.54. The molecule has 1 aliphatic heterocycles. The Labute approximate surface area is 151 Å². The zero-order valence-electron chi connectivity index (χ0n) is 14.0. The van der Waals surface area contributed by atoms with E-state index in [2.05, 4.69) is 15.8 Å². The second-order valence-corrected chi connectivity index (χ2v) is 5.70. The fourth-order valence-corrected chi connectivity index (χ4v) is 2.44. The summed E-state index contributed by atoms with van der Waals surface area (Å²) in [7, 11) is 0. The Bertz CT molecular complexity index is 791. The first-order valence-electron chi connectivity index (χ1n) is 7.90. The monoisotopic (exact) mass is 357 g/mol. The average molecular weight is 357 g/mol. The predicted molar refractivity (Wildman–Crippen MR) is 102 cm³/mol.